The average molecular weight is 483 g/mol. The summed E-state index contributed by atoms with van der Waals surface area (Å²) >= 11 is 0. The van der Waals surface area contributed by atoms with E-state index in [2.05, 4.69) is 21.2 Å². The zero-order chi connectivity index (χ0) is 25.4. The molecular formula is C25H30N4O6. The van der Waals surface area contributed by atoms with Crippen molar-refractivity contribution in [1.82, 2.24) is 16.1 Å². The maximum atomic E-state index is 12.3. The van der Waals surface area contributed by atoms with Crippen LogP contribution in [0.5, 0.6) is 11.5 Å². The number of hydrogen-bond acceptors (Lipinski definition) is 8. The maximum absolute atomic E-state index is 12.3. The van der Waals surface area contributed by atoms with E-state index < -0.39 is 24.3 Å². The number of ether oxygens (including phenoxy) is 3. The number of amides is 2. The number of aliphatic hydroxyl groups excluding tert-OH is 1. The van der Waals surface area contributed by atoms with Crippen molar-refractivity contribution in [3.63, 3.8) is 0 Å². The Morgan fingerprint density at radius 3 is 2.60 bits per heavy atom. The van der Waals surface area contributed by atoms with Crippen molar-refractivity contribution in [1.29, 1.82) is 0 Å². The number of esters is 1. The van der Waals surface area contributed by atoms with Gasteiger partial charge in [0, 0.05) is 5.70 Å². The average Bonchev–Trinajstić information content (AvgIpc) is 2.83. The maximum Gasteiger partial charge on any atom is 0.337 e. The van der Waals surface area contributed by atoms with Gasteiger partial charge in [-0.3, -0.25) is 5.43 Å². The molecule has 186 valence electrons. The molecule has 0 saturated heterocycles. The number of urea groups is 1. The van der Waals surface area contributed by atoms with Crippen molar-refractivity contribution in [2.24, 2.45) is 5.10 Å². The van der Waals surface area contributed by atoms with Crippen LogP contribution in [0, 0.1) is 6.92 Å². The van der Waals surface area contributed by atoms with E-state index in [4.69, 9.17) is 14.2 Å². The van der Waals surface area contributed by atoms with Crippen molar-refractivity contribution in [3.8, 4) is 11.5 Å². The monoisotopic (exact) mass is 482 g/mol. The van der Waals surface area contributed by atoms with Crippen molar-refractivity contribution in [2.75, 3.05) is 20.3 Å². The number of nitrogens with one attached hydrogen (secondary N) is 3. The number of carbonyl (C=O) groups excluding carboxylic acids is 2. The molecule has 2 amide bonds. The highest BCUT2D eigenvalue weighted by molar-refractivity contribution is 5.95. The minimum Gasteiger partial charge on any atom is -0.490 e. The zero-order valence-electron chi connectivity index (χ0n) is 20.1. The second-order valence-corrected chi connectivity index (χ2v) is 7.83. The van der Waals surface area contributed by atoms with Gasteiger partial charge in [0.15, 0.2) is 17.7 Å². The van der Waals surface area contributed by atoms with Crippen LogP contribution in [0.15, 0.2) is 58.8 Å². The fourth-order valence-corrected chi connectivity index (χ4v) is 3.47. The van der Waals surface area contributed by atoms with E-state index >= 15 is 0 Å². The Morgan fingerprint density at radius 1 is 1.17 bits per heavy atom. The molecule has 0 aromatic heterocycles. The molecule has 0 unspecified atom stereocenters. The van der Waals surface area contributed by atoms with Crippen LogP contribution in [0.4, 0.5) is 4.79 Å². The summed E-state index contributed by atoms with van der Waals surface area (Å²) < 4.78 is 16.3. The molecule has 0 radical (unpaired) electrons. The van der Waals surface area contributed by atoms with Gasteiger partial charge in [-0.1, -0.05) is 35.9 Å². The van der Waals surface area contributed by atoms with Crippen LogP contribution in [0.1, 0.15) is 36.6 Å². The highest BCUT2D eigenvalue weighted by atomic mass is 16.5. The standard InChI is InChI=1S/C25H30N4O6/c1-5-34-20-12-18(23-22(24(31)33-4)16(3)27-25(32)28-23)10-11-19(20)35-14-21(30)29-26-13-17-8-6-15(2)7-9-17/h6-13,21,23,29-30H,5,14H2,1-4H3,(H2,27,28,32)/b26-13-/t21-,23-/m1/s1. The number of hydrazone groups is 1. The SMILES string of the molecule is CCOc1cc([C@H]2NC(=O)NC(C)=C2C(=O)OC)ccc1OC[C@@H](O)N/N=C\c1ccc(C)cc1. The molecule has 0 fully saturated rings. The highest BCUT2D eigenvalue weighted by Crippen LogP contribution is 2.34. The van der Waals surface area contributed by atoms with E-state index in [0.29, 0.717) is 29.4 Å². The smallest absolute Gasteiger partial charge is 0.337 e. The van der Waals surface area contributed by atoms with Crippen LogP contribution in [0.2, 0.25) is 0 Å². The van der Waals surface area contributed by atoms with Crippen molar-refractivity contribution < 1.29 is 28.9 Å². The topological polar surface area (TPSA) is 131 Å². The van der Waals surface area contributed by atoms with Gasteiger partial charge in [-0.05, 0) is 44.0 Å². The van der Waals surface area contributed by atoms with Gasteiger partial charge in [-0.15, -0.1) is 0 Å². The molecule has 2 atom stereocenters. The summed E-state index contributed by atoms with van der Waals surface area (Å²) in [7, 11) is 1.28. The lowest BCUT2D eigenvalue weighted by Gasteiger charge is -2.28. The Bertz CT molecular complexity index is 1110. The van der Waals surface area contributed by atoms with Crippen molar-refractivity contribution in [2.45, 2.75) is 33.0 Å². The summed E-state index contributed by atoms with van der Waals surface area (Å²) in [6.45, 7) is 5.72. The highest BCUT2D eigenvalue weighted by Gasteiger charge is 2.32. The Hall–Kier alpha value is -4.05. The fourth-order valence-electron chi connectivity index (χ4n) is 3.47. The lowest BCUT2D eigenvalue weighted by molar-refractivity contribution is -0.136. The number of carbonyl (C=O) groups is 2. The molecule has 0 saturated carbocycles. The fraction of sp³-hybridized carbons (Fsp3) is 0.320. The first kappa shape index (κ1) is 25.6. The summed E-state index contributed by atoms with van der Waals surface area (Å²) in [5.74, 6) is 0.230. The summed E-state index contributed by atoms with van der Waals surface area (Å²) in [4.78, 5) is 24.4. The van der Waals surface area contributed by atoms with Crippen LogP contribution < -0.4 is 25.5 Å². The van der Waals surface area contributed by atoms with E-state index in [-0.39, 0.29) is 12.2 Å². The Labute approximate surface area is 204 Å². The first-order chi connectivity index (χ1) is 16.8. The van der Waals surface area contributed by atoms with Gasteiger partial charge >= 0.3 is 12.0 Å². The Balaban J connectivity index is 1.71. The van der Waals surface area contributed by atoms with Gasteiger partial charge in [-0.25, -0.2) is 9.59 Å². The van der Waals surface area contributed by atoms with Crippen LogP contribution in [0.3, 0.4) is 0 Å². The predicted molar refractivity (Wildman–Crippen MR) is 130 cm³/mol. The molecule has 2 aromatic rings. The summed E-state index contributed by atoms with van der Waals surface area (Å²) in [5, 5.41) is 19.5. The number of nitrogens with zero attached hydrogens (tertiary/aromatic N) is 1. The van der Waals surface area contributed by atoms with E-state index in [1.54, 1.807) is 31.3 Å². The summed E-state index contributed by atoms with van der Waals surface area (Å²) in [6.07, 6.45) is 0.538. The van der Waals surface area contributed by atoms with Crippen LogP contribution in [-0.2, 0) is 9.53 Å². The number of hydrogen-bond donors (Lipinski definition) is 4. The van der Waals surface area contributed by atoms with Crippen LogP contribution >= 0.6 is 0 Å². The molecule has 1 aliphatic heterocycles. The molecule has 1 heterocycles. The third-order valence-electron chi connectivity index (χ3n) is 5.19. The van der Waals surface area contributed by atoms with E-state index in [0.717, 1.165) is 11.1 Å². The molecule has 10 nitrogen and oxygen atoms in total. The second-order valence-electron chi connectivity index (χ2n) is 7.83. The molecule has 0 spiro atoms. The molecule has 10 heteroatoms. The van der Waals surface area contributed by atoms with E-state index in [1.807, 2.05) is 38.1 Å². The number of aliphatic hydroxyl groups is 1. The normalized spacial score (nSPS) is 16.4. The Morgan fingerprint density at radius 2 is 1.91 bits per heavy atom. The molecule has 35 heavy (non-hydrogen) atoms. The van der Waals surface area contributed by atoms with E-state index in [9.17, 15) is 14.7 Å². The number of allylic oxidation sites excluding steroid dienone is 1. The number of aryl methyl sites for hydroxylation is 1. The zero-order valence-corrected chi connectivity index (χ0v) is 20.1. The molecule has 0 bridgehead atoms. The molecule has 2 aromatic carbocycles. The lowest BCUT2D eigenvalue weighted by atomic mass is 9.95. The molecular weight excluding hydrogens is 452 g/mol. The Kier molecular flexibility index (Phi) is 8.69. The number of methoxy groups -OCH3 is 1. The summed E-state index contributed by atoms with van der Waals surface area (Å²) in [6, 6.07) is 11.7. The van der Waals surface area contributed by atoms with Crippen molar-refractivity contribution >= 4 is 18.2 Å². The minimum absolute atomic E-state index is 0.0961. The first-order valence-electron chi connectivity index (χ1n) is 11.1. The predicted octanol–water partition coefficient (Wildman–Crippen LogP) is 2.52. The largest absolute Gasteiger partial charge is 0.490 e. The van der Waals surface area contributed by atoms with Gasteiger partial charge in [0.25, 0.3) is 0 Å². The molecule has 4 N–H and O–H groups in total. The summed E-state index contributed by atoms with van der Waals surface area (Å²) in [5.41, 5.74) is 5.96. The van der Waals surface area contributed by atoms with Gasteiger partial charge in [0.1, 0.15) is 6.61 Å². The van der Waals surface area contributed by atoms with Crippen molar-refractivity contribution in [3.05, 3.63) is 70.4 Å². The quantitative estimate of drug-likeness (QED) is 0.177. The first-order valence-corrected chi connectivity index (χ1v) is 11.1. The van der Waals surface area contributed by atoms with Crippen LogP contribution in [-0.4, -0.2) is 49.9 Å². The number of benzene rings is 2. The van der Waals surface area contributed by atoms with Gasteiger partial charge in [0.05, 0.1) is 31.5 Å². The third kappa shape index (κ3) is 6.73. The lowest BCUT2D eigenvalue weighted by Crippen LogP contribution is -2.45. The molecule has 0 aliphatic carbocycles. The van der Waals surface area contributed by atoms with Gasteiger partial charge in [0.2, 0.25) is 0 Å². The van der Waals surface area contributed by atoms with Gasteiger partial charge in [-0.2, -0.15) is 5.10 Å². The molecule has 1 aliphatic rings. The molecule has 3 rings (SSSR count). The van der Waals surface area contributed by atoms with E-state index in [1.165, 1.54) is 7.11 Å². The van der Waals surface area contributed by atoms with Gasteiger partial charge < -0.3 is 30.0 Å². The second kappa shape index (κ2) is 11.9. The van der Waals surface area contributed by atoms with Crippen LogP contribution in [0.25, 0.3) is 0 Å². The minimum atomic E-state index is -1.06. The third-order valence-corrected chi connectivity index (χ3v) is 5.19. The number of rotatable bonds is 10.